The van der Waals surface area contributed by atoms with E-state index in [9.17, 15) is 0 Å². The van der Waals surface area contributed by atoms with E-state index in [1.54, 1.807) is 0 Å². The van der Waals surface area contributed by atoms with Gasteiger partial charge in [-0.25, -0.2) is 0 Å². The number of aryl methyl sites for hydroxylation is 2. The molecule has 4 heteroatoms. The van der Waals surface area contributed by atoms with Crippen molar-refractivity contribution in [3.05, 3.63) is 17.5 Å². The van der Waals surface area contributed by atoms with Crippen molar-refractivity contribution in [1.29, 1.82) is 0 Å². The lowest BCUT2D eigenvalue weighted by Crippen LogP contribution is -2.37. The highest BCUT2D eigenvalue weighted by molar-refractivity contribution is 5.11. The number of hydrogen-bond acceptors (Lipinski definition) is 3. The van der Waals surface area contributed by atoms with E-state index < -0.39 is 0 Å². The SMILES string of the molecule is CCCCCCC(Cc1cc(CC)nn1C)NN. The van der Waals surface area contributed by atoms with Gasteiger partial charge in [-0.05, 0) is 18.9 Å². The van der Waals surface area contributed by atoms with Gasteiger partial charge in [-0.3, -0.25) is 16.0 Å². The quantitative estimate of drug-likeness (QED) is 0.403. The molecular weight excluding hydrogens is 224 g/mol. The molecule has 1 atom stereocenters. The number of rotatable bonds is 9. The molecule has 0 fully saturated rings. The molecule has 3 N–H and O–H groups in total. The van der Waals surface area contributed by atoms with E-state index >= 15 is 0 Å². The second kappa shape index (κ2) is 8.27. The van der Waals surface area contributed by atoms with Crippen LogP contribution in [0, 0.1) is 0 Å². The lowest BCUT2D eigenvalue weighted by atomic mass is 10.0. The molecule has 4 nitrogen and oxygen atoms in total. The zero-order valence-electron chi connectivity index (χ0n) is 12.1. The topological polar surface area (TPSA) is 55.9 Å². The van der Waals surface area contributed by atoms with Gasteiger partial charge in [-0.15, -0.1) is 0 Å². The van der Waals surface area contributed by atoms with Crippen LogP contribution in [0.15, 0.2) is 6.07 Å². The Morgan fingerprint density at radius 1 is 1.33 bits per heavy atom. The highest BCUT2D eigenvalue weighted by atomic mass is 15.3. The molecular formula is C14H28N4. The second-order valence-electron chi connectivity index (χ2n) is 5.02. The highest BCUT2D eigenvalue weighted by Crippen LogP contribution is 2.11. The van der Waals surface area contributed by atoms with E-state index in [2.05, 4.69) is 30.4 Å². The first kappa shape index (κ1) is 15.2. The van der Waals surface area contributed by atoms with Gasteiger partial charge in [0.2, 0.25) is 0 Å². The first-order valence-electron chi connectivity index (χ1n) is 7.19. The molecule has 1 rings (SSSR count). The number of nitrogens with one attached hydrogen (secondary N) is 1. The number of nitrogens with zero attached hydrogens (tertiary/aromatic N) is 2. The van der Waals surface area contributed by atoms with Crippen LogP contribution in [0.4, 0.5) is 0 Å². The third-order valence-corrected chi connectivity index (χ3v) is 3.49. The third-order valence-electron chi connectivity index (χ3n) is 3.49. The molecule has 0 saturated heterocycles. The normalized spacial score (nSPS) is 12.9. The van der Waals surface area contributed by atoms with Gasteiger partial charge in [0.1, 0.15) is 0 Å². The first-order chi connectivity index (χ1) is 8.71. The summed E-state index contributed by atoms with van der Waals surface area (Å²) in [5.74, 6) is 5.65. The first-order valence-corrected chi connectivity index (χ1v) is 7.19. The highest BCUT2D eigenvalue weighted by Gasteiger charge is 2.11. The fourth-order valence-electron chi connectivity index (χ4n) is 2.25. The molecule has 0 aliphatic heterocycles. The summed E-state index contributed by atoms with van der Waals surface area (Å²) in [6, 6.07) is 2.55. The molecule has 1 aromatic rings. The zero-order chi connectivity index (χ0) is 13.4. The summed E-state index contributed by atoms with van der Waals surface area (Å²) < 4.78 is 1.98. The summed E-state index contributed by atoms with van der Waals surface area (Å²) in [6.07, 6.45) is 8.26. The van der Waals surface area contributed by atoms with Crippen LogP contribution in [0.25, 0.3) is 0 Å². The van der Waals surface area contributed by atoms with E-state index in [1.165, 1.54) is 31.4 Å². The molecule has 0 saturated carbocycles. The van der Waals surface area contributed by atoms with Gasteiger partial charge in [0.05, 0.1) is 5.69 Å². The minimum atomic E-state index is 0.363. The Hall–Kier alpha value is -0.870. The molecule has 104 valence electrons. The number of nitrogens with two attached hydrogens (primary N) is 1. The summed E-state index contributed by atoms with van der Waals surface area (Å²) >= 11 is 0. The summed E-state index contributed by atoms with van der Waals surface area (Å²) in [7, 11) is 2.01. The van der Waals surface area contributed by atoms with Crippen LogP contribution in [0.3, 0.4) is 0 Å². The van der Waals surface area contributed by atoms with Gasteiger partial charge in [-0.2, -0.15) is 5.10 Å². The second-order valence-corrected chi connectivity index (χ2v) is 5.02. The molecule has 0 bridgehead atoms. The number of unbranched alkanes of at least 4 members (excludes halogenated alkanes) is 3. The summed E-state index contributed by atoms with van der Waals surface area (Å²) in [4.78, 5) is 0. The van der Waals surface area contributed by atoms with Crippen LogP contribution in [-0.2, 0) is 19.9 Å². The predicted molar refractivity (Wildman–Crippen MR) is 76.2 cm³/mol. The largest absolute Gasteiger partial charge is 0.272 e. The van der Waals surface area contributed by atoms with Gasteiger partial charge in [0.15, 0.2) is 0 Å². The molecule has 0 spiro atoms. The van der Waals surface area contributed by atoms with Crippen molar-refractivity contribution in [1.82, 2.24) is 15.2 Å². The molecule has 0 aliphatic rings. The van der Waals surface area contributed by atoms with E-state index in [4.69, 9.17) is 5.84 Å². The predicted octanol–water partition coefficient (Wildman–Crippen LogP) is 2.33. The fourth-order valence-corrected chi connectivity index (χ4v) is 2.25. The number of hydrazine groups is 1. The van der Waals surface area contributed by atoms with Crippen LogP contribution in [0.2, 0.25) is 0 Å². The Balaban J connectivity index is 2.43. The van der Waals surface area contributed by atoms with E-state index in [0.29, 0.717) is 6.04 Å². The molecule has 0 radical (unpaired) electrons. The third kappa shape index (κ3) is 4.78. The fraction of sp³-hybridized carbons (Fsp3) is 0.786. The maximum Gasteiger partial charge on any atom is 0.0624 e. The lowest BCUT2D eigenvalue weighted by molar-refractivity contribution is 0.453. The Bertz CT molecular complexity index is 333. The molecule has 1 aromatic heterocycles. The van der Waals surface area contributed by atoms with Crippen molar-refractivity contribution in [2.75, 3.05) is 0 Å². The van der Waals surface area contributed by atoms with Crippen LogP contribution >= 0.6 is 0 Å². The molecule has 0 aromatic carbocycles. The molecule has 0 aliphatic carbocycles. The van der Waals surface area contributed by atoms with Crippen molar-refractivity contribution in [2.45, 2.75) is 64.8 Å². The molecule has 1 heterocycles. The standard InChI is InChI=1S/C14H28N4/c1-4-6-7-8-9-13(16-15)11-14-10-12(5-2)17-18(14)3/h10,13,16H,4-9,11,15H2,1-3H3. The van der Waals surface area contributed by atoms with E-state index in [1.807, 2.05) is 11.7 Å². The number of aromatic nitrogens is 2. The minimum Gasteiger partial charge on any atom is -0.272 e. The average Bonchev–Trinajstić information content (AvgIpc) is 2.74. The Morgan fingerprint density at radius 3 is 2.67 bits per heavy atom. The van der Waals surface area contributed by atoms with Crippen LogP contribution in [0.5, 0.6) is 0 Å². The summed E-state index contributed by atoms with van der Waals surface area (Å²) in [6.45, 7) is 4.37. The monoisotopic (exact) mass is 252 g/mol. The van der Waals surface area contributed by atoms with Crippen molar-refractivity contribution in [3.8, 4) is 0 Å². The minimum absolute atomic E-state index is 0.363. The Morgan fingerprint density at radius 2 is 2.11 bits per heavy atom. The van der Waals surface area contributed by atoms with Crippen molar-refractivity contribution >= 4 is 0 Å². The van der Waals surface area contributed by atoms with E-state index in [-0.39, 0.29) is 0 Å². The van der Waals surface area contributed by atoms with Gasteiger partial charge in [0.25, 0.3) is 0 Å². The van der Waals surface area contributed by atoms with Crippen molar-refractivity contribution in [2.24, 2.45) is 12.9 Å². The molecule has 0 amide bonds. The summed E-state index contributed by atoms with van der Waals surface area (Å²) in [5.41, 5.74) is 5.37. The summed E-state index contributed by atoms with van der Waals surface area (Å²) in [5, 5.41) is 4.47. The smallest absolute Gasteiger partial charge is 0.0624 e. The maximum atomic E-state index is 5.65. The van der Waals surface area contributed by atoms with Gasteiger partial charge in [0, 0.05) is 25.2 Å². The van der Waals surface area contributed by atoms with Gasteiger partial charge < -0.3 is 0 Å². The van der Waals surface area contributed by atoms with Crippen molar-refractivity contribution < 1.29 is 0 Å². The maximum absolute atomic E-state index is 5.65. The zero-order valence-corrected chi connectivity index (χ0v) is 12.1. The van der Waals surface area contributed by atoms with Crippen LogP contribution in [0.1, 0.15) is 57.3 Å². The number of hydrogen-bond donors (Lipinski definition) is 2. The molecule has 18 heavy (non-hydrogen) atoms. The molecule has 1 unspecified atom stereocenters. The van der Waals surface area contributed by atoms with Gasteiger partial charge >= 0.3 is 0 Å². The van der Waals surface area contributed by atoms with Gasteiger partial charge in [-0.1, -0.05) is 39.5 Å². The van der Waals surface area contributed by atoms with Crippen LogP contribution in [-0.4, -0.2) is 15.8 Å². The van der Waals surface area contributed by atoms with Crippen LogP contribution < -0.4 is 11.3 Å². The Kier molecular flexibility index (Phi) is 6.98. The van der Waals surface area contributed by atoms with Crippen molar-refractivity contribution in [3.63, 3.8) is 0 Å². The Labute approximate surface area is 111 Å². The lowest BCUT2D eigenvalue weighted by Gasteiger charge is -2.15. The average molecular weight is 252 g/mol. The van der Waals surface area contributed by atoms with E-state index in [0.717, 1.165) is 25.0 Å².